The highest BCUT2D eigenvalue weighted by atomic mass is 16.3. The fourth-order valence-corrected chi connectivity index (χ4v) is 2.39. The molecular formula is C13H19NO. The van der Waals surface area contributed by atoms with Gasteiger partial charge in [0.25, 0.3) is 0 Å². The van der Waals surface area contributed by atoms with Crippen LogP contribution in [-0.4, -0.2) is 29.3 Å². The number of aliphatic hydroxyl groups is 1. The number of nitrogens with zero attached hydrogens (tertiary/aromatic N) is 1. The third-order valence-electron chi connectivity index (χ3n) is 3.56. The van der Waals surface area contributed by atoms with E-state index < -0.39 is 0 Å². The Labute approximate surface area is 91.5 Å². The number of piperidine rings is 1. The van der Waals surface area contributed by atoms with Crippen molar-refractivity contribution in [3.63, 3.8) is 0 Å². The van der Waals surface area contributed by atoms with Gasteiger partial charge in [-0.3, -0.25) is 4.90 Å². The SMILES string of the molecule is C[C@@H]1C[C@H](c2ccccc2)C[C@H](O)N1C. The van der Waals surface area contributed by atoms with Crippen molar-refractivity contribution in [2.75, 3.05) is 7.05 Å². The molecule has 1 heterocycles. The normalized spacial score (nSPS) is 32.9. The van der Waals surface area contributed by atoms with Crippen molar-refractivity contribution < 1.29 is 5.11 Å². The maximum Gasteiger partial charge on any atom is 0.107 e. The summed E-state index contributed by atoms with van der Waals surface area (Å²) in [6, 6.07) is 11.0. The monoisotopic (exact) mass is 205 g/mol. The standard InChI is InChI=1S/C13H19NO/c1-10-8-12(9-13(15)14(10)2)11-6-4-3-5-7-11/h3-7,10,12-13,15H,8-9H2,1-2H3/t10-,12+,13+/m1/s1. The Hall–Kier alpha value is -0.860. The molecule has 0 unspecified atom stereocenters. The summed E-state index contributed by atoms with van der Waals surface area (Å²) in [5.41, 5.74) is 1.36. The van der Waals surface area contributed by atoms with Crippen LogP contribution in [-0.2, 0) is 0 Å². The smallest absolute Gasteiger partial charge is 0.107 e. The lowest BCUT2D eigenvalue weighted by atomic mass is 9.85. The molecule has 0 saturated carbocycles. The molecule has 0 bridgehead atoms. The third kappa shape index (κ3) is 2.21. The van der Waals surface area contributed by atoms with E-state index in [-0.39, 0.29) is 6.23 Å². The number of benzene rings is 1. The second kappa shape index (κ2) is 4.33. The topological polar surface area (TPSA) is 23.5 Å². The van der Waals surface area contributed by atoms with E-state index in [0.717, 1.165) is 12.8 Å². The van der Waals surface area contributed by atoms with E-state index in [1.54, 1.807) is 0 Å². The Kier molecular flexibility index (Phi) is 3.08. The minimum atomic E-state index is -0.293. The van der Waals surface area contributed by atoms with Gasteiger partial charge in [-0.2, -0.15) is 0 Å². The Morgan fingerprint density at radius 1 is 1.20 bits per heavy atom. The van der Waals surface area contributed by atoms with Gasteiger partial charge in [-0.1, -0.05) is 30.3 Å². The second-order valence-corrected chi connectivity index (χ2v) is 4.57. The van der Waals surface area contributed by atoms with Crippen molar-refractivity contribution in [3.8, 4) is 0 Å². The molecule has 0 radical (unpaired) electrons. The summed E-state index contributed by atoms with van der Waals surface area (Å²) >= 11 is 0. The number of hydrogen-bond acceptors (Lipinski definition) is 2. The molecule has 1 aromatic carbocycles. The first-order chi connectivity index (χ1) is 7.18. The maximum absolute atomic E-state index is 9.91. The predicted molar refractivity (Wildman–Crippen MR) is 61.6 cm³/mol. The molecule has 2 nitrogen and oxygen atoms in total. The van der Waals surface area contributed by atoms with Crippen LogP contribution >= 0.6 is 0 Å². The van der Waals surface area contributed by atoms with E-state index in [2.05, 4.69) is 36.1 Å². The quantitative estimate of drug-likeness (QED) is 0.759. The van der Waals surface area contributed by atoms with Gasteiger partial charge in [0.1, 0.15) is 6.23 Å². The van der Waals surface area contributed by atoms with E-state index in [1.165, 1.54) is 5.56 Å². The molecule has 0 spiro atoms. The zero-order valence-corrected chi connectivity index (χ0v) is 9.43. The van der Waals surface area contributed by atoms with Crippen LogP contribution in [0.5, 0.6) is 0 Å². The van der Waals surface area contributed by atoms with Gasteiger partial charge >= 0.3 is 0 Å². The molecule has 1 fully saturated rings. The van der Waals surface area contributed by atoms with Crippen LogP contribution in [0.4, 0.5) is 0 Å². The fourth-order valence-electron chi connectivity index (χ4n) is 2.39. The van der Waals surface area contributed by atoms with Crippen LogP contribution in [0.3, 0.4) is 0 Å². The lowest BCUT2D eigenvalue weighted by Gasteiger charge is -2.39. The van der Waals surface area contributed by atoms with Crippen LogP contribution in [0.1, 0.15) is 31.2 Å². The van der Waals surface area contributed by atoms with Gasteiger partial charge in [0.05, 0.1) is 0 Å². The summed E-state index contributed by atoms with van der Waals surface area (Å²) in [7, 11) is 2.00. The first-order valence-electron chi connectivity index (χ1n) is 5.63. The number of rotatable bonds is 1. The van der Waals surface area contributed by atoms with Crippen molar-refractivity contribution in [1.82, 2.24) is 4.90 Å². The van der Waals surface area contributed by atoms with E-state index in [4.69, 9.17) is 0 Å². The summed E-state index contributed by atoms with van der Waals surface area (Å²) in [6.07, 6.45) is 1.70. The van der Waals surface area contributed by atoms with E-state index in [0.29, 0.717) is 12.0 Å². The molecular weight excluding hydrogens is 186 g/mol. The zero-order chi connectivity index (χ0) is 10.8. The Bertz CT molecular complexity index is 300. The molecule has 2 rings (SSSR count). The van der Waals surface area contributed by atoms with Crippen molar-refractivity contribution in [2.45, 2.75) is 38.0 Å². The first kappa shape index (κ1) is 10.7. The predicted octanol–water partition coefficient (Wildman–Crippen LogP) is 2.20. The number of likely N-dealkylation sites (tertiary alicyclic amines) is 1. The van der Waals surface area contributed by atoms with Gasteiger partial charge in [-0.25, -0.2) is 0 Å². The number of aliphatic hydroxyl groups excluding tert-OH is 1. The Morgan fingerprint density at radius 2 is 1.87 bits per heavy atom. The fraction of sp³-hybridized carbons (Fsp3) is 0.538. The van der Waals surface area contributed by atoms with Crippen LogP contribution in [0.25, 0.3) is 0 Å². The highest BCUT2D eigenvalue weighted by molar-refractivity contribution is 5.20. The molecule has 0 aromatic heterocycles. The van der Waals surface area contributed by atoms with Crippen LogP contribution in [0.2, 0.25) is 0 Å². The largest absolute Gasteiger partial charge is 0.378 e. The van der Waals surface area contributed by atoms with Crippen molar-refractivity contribution in [1.29, 1.82) is 0 Å². The van der Waals surface area contributed by atoms with E-state index in [9.17, 15) is 5.11 Å². The average molecular weight is 205 g/mol. The van der Waals surface area contributed by atoms with Gasteiger partial charge in [-0.05, 0) is 38.3 Å². The molecule has 3 atom stereocenters. The van der Waals surface area contributed by atoms with Crippen LogP contribution < -0.4 is 0 Å². The number of hydrogen-bond donors (Lipinski definition) is 1. The summed E-state index contributed by atoms with van der Waals surface area (Å²) in [6.45, 7) is 2.18. The van der Waals surface area contributed by atoms with Gasteiger partial charge < -0.3 is 5.11 Å². The first-order valence-corrected chi connectivity index (χ1v) is 5.63. The Morgan fingerprint density at radius 3 is 2.47 bits per heavy atom. The molecule has 1 N–H and O–H groups in total. The lowest BCUT2D eigenvalue weighted by molar-refractivity contribution is -0.0409. The minimum Gasteiger partial charge on any atom is -0.378 e. The summed E-state index contributed by atoms with van der Waals surface area (Å²) in [5, 5.41) is 9.91. The van der Waals surface area contributed by atoms with Gasteiger partial charge in [-0.15, -0.1) is 0 Å². The highest BCUT2D eigenvalue weighted by Gasteiger charge is 2.29. The summed E-state index contributed by atoms with van der Waals surface area (Å²) in [5.74, 6) is 0.507. The van der Waals surface area contributed by atoms with E-state index >= 15 is 0 Å². The molecule has 0 amide bonds. The summed E-state index contributed by atoms with van der Waals surface area (Å²) < 4.78 is 0. The molecule has 0 aliphatic carbocycles. The molecule has 1 aromatic rings. The molecule has 15 heavy (non-hydrogen) atoms. The van der Waals surface area contributed by atoms with Gasteiger partial charge in [0, 0.05) is 6.04 Å². The van der Waals surface area contributed by atoms with Gasteiger partial charge in [0.2, 0.25) is 0 Å². The van der Waals surface area contributed by atoms with Crippen LogP contribution in [0.15, 0.2) is 30.3 Å². The second-order valence-electron chi connectivity index (χ2n) is 4.57. The third-order valence-corrected chi connectivity index (χ3v) is 3.56. The van der Waals surface area contributed by atoms with Gasteiger partial charge in [0.15, 0.2) is 0 Å². The van der Waals surface area contributed by atoms with Crippen molar-refractivity contribution in [3.05, 3.63) is 35.9 Å². The summed E-state index contributed by atoms with van der Waals surface area (Å²) in [4.78, 5) is 2.06. The van der Waals surface area contributed by atoms with Crippen molar-refractivity contribution in [2.24, 2.45) is 0 Å². The van der Waals surface area contributed by atoms with E-state index in [1.807, 2.05) is 13.1 Å². The van der Waals surface area contributed by atoms with Crippen LogP contribution in [0, 0.1) is 0 Å². The molecule has 1 aliphatic rings. The Balaban J connectivity index is 2.13. The molecule has 82 valence electrons. The maximum atomic E-state index is 9.91. The highest BCUT2D eigenvalue weighted by Crippen LogP contribution is 2.33. The molecule has 2 heteroatoms. The average Bonchev–Trinajstić information content (AvgIpc) is 2.26. The van der Waals surface area contributed by atoms with Crippen molar-refractivity contribution >= 4 is 0 Å². The lowest BCUT2D eigenvalue weighted by Crippen LogP contribution is -2.44. The molecule has 1 aliphatic heterocycles. The molecule has 1 saturated heterocycles. The minimum absolute atomic E-state index is 0.293. The zero-order valence-electron chi connectivity index (χ0n) is 9.43.